The first-order valence-electron chi connectivity index (χ1n) is 11.9. The number of pyridine rings is 1. The van der Waals surface area contributed by atoms with Gasteiger partial charge in [0.05, 0.1) is 23.6 Å². The average molecular weight is 522 g/mol. The molecule has 0 radical (unpaired) electrons. The van der Waals surface area contributed by atoms with Crippen LogP contribution >= 0.6 is 7.92 Å². The number of nitrogens with one attached hydrogen (secondary N) is 1. The van der Waals surface area contributed by atoms with Crippen molar-refractivity contribution in [3.05, 3.63) is 57.4 Å². The predicted molar refractivity (Wildman–Crippen MR) is 138 cm³/mol. The van der Waals surface area contributed by atoms with Crippen molar-refractivity contribution in [2.45, 2.75) is 26.3 Å². The Hall–Kier alpha value is -2.55. The number of methoxy groups -OCH3 is 1. The molecule has 194 valence electrons. The van der Waals surface area contributed by atoms with Gasteiger partial charge in [-0.3, -0.25) is 9.36 Å². The highest BCUT2D eigenvalue weighted by Gasteiger charge is 2.25. The Morgan fingerprint density at radius 2 is 1.89 bits per heavy atom. The highest BCUT2D eigenvalue weighted by molar-refractivity contribution is 7.65. The van der Waals surface area contributed by atoms with E-state index in [9.17, 15) is 18.0 Å². The summed E-state index contributed by atoms with van der Waals surface area (Å²) >= 11 is 0. The van der Waals surface area contributed by atoms with Gasteiger partial charge in [-0.15, -0.1) is 0 Å². The number of anilines is 1. The molecule has 2 aromatic heterocycles. The first-order chi connectivity index (χ1) is 17.2. The van der Waals surface area contributed by atoms with Gasteiger partial charge in [0.25, 0.3) is 12.0 Å². The summed E-state index contributed by atoms with van der Waals surface area (Å²) in [5, 5.41) is 4.61. The Kier molecular flexibility index (Phi) is 8.27. The lowest BCUT2D eigenvalue weighted by Crippen LogP contribution is -2.41. The number of rotatable bonds is 8. The minimum absolute atomic E-state index is 0.0632. The van der Waals surface area contributed by atoms with Crippen LogP contribution in [-0.2, 0) is 11.8 Å². The zero-order valence-corrected chi connectivity index (χ0v) is 21.8. The Bertz CT molecular complexity index is 1290. The van der Waals surface area contributed by atoms with Crippen LogP contribution in [-0.4, -0.2) is 65.1 Å². The van der Waals surface area contributed by atoms with Gasteiger partial charge in [-0.2, -0.15) is 0 Å². The summed E-state index contributed by atoms with van der Waals surface area (Å²) in [5.74, 6) is -0.0456. The number of halogens is 3. The summed E-state index contributed by atoms with van der Waals surface area (Å²) in [4.78, 5) is 24.7. The zero-order valence-electron chi connectivity index (χ0n) is 20.9. The van der Waals surface area contributed by atoms with Gasteiger partial charge in [-0.25, -0.2) is 23.1 Å². The smallest absolute Gasteiger partial charge is 0.266 e. The standard InChI is InChI=1S/C25H31F3N5O2P/c1-15(17-6-5-7-18(21(17)26)22(27)28)29-23-19-14-20(25(34)32(3)24(19)31-16(2)30-23)36-12-9-33(10-13-36)8-11-35-4/h5-7,14-15,22H,8-13H2,1-4H3,(H,29,30,31)/t15-/m1/s1. The molecule has 0 aliphatic carbocycles. The van der Waals surface area contributed by atoms with Gasteiger partial charge in [0.1, 0.15) is 23.1 Å². The molecule has 1 atom stereocenters. The highest BCUT2D eigenvalue weighted by Crippen LogP contribution is 2.37. The summed E-state index contributed by atoms with van der Waals surface area (Å²) in [5.41, 5.74) is -0.0996. The minimum atomic E-state index is -2.90. The fourth-order valence-corrected chi connectivity index (χ4v) is 7.03. The summed E-state index contributed by atoms with van der Waals surface area (Å²) in [7, 11) is 2.73. The molecular formula is C25H31F3N5O2P. The third-order valence-corrected chi connectivity index (χ3v) is 9.08. The van der Waals surface area contributed by atoms with Crippen LogP contribution in [0.3, 0.4) is 0 Å². The van der Waals surface area contributed by atoms with Crippen LogP contribution in [0.15, 0.2) is 29.1 Å². The second kappa shape index (κ2) is 11.2. The molecule has 1 aromatic carbocycles. The van der Waals surface area contributed by atoms with E-state index in [2.05, 4.69) is 20.2 Å². The van der Waals surface area contributed by atoms with Gasteiger partial charge in [0, 0.05) is 44.7 Å². The van der Waals surface area contributed by atoms with Gasteiger partial charge in [0.2, 0.25) is 0 Å². The fourth-order valence-electron chi connectivity index (χ4n) is 4.55. The maximum atomic E-state index is 14.8. The van der Waals surface area contributed by atoms with Crippen LogP contribution in [0.5, 0.6) is 0 Å². The third kappa shape index (κ3) is 5.41. The Morgan fingerprint density at radius 3 is 2.56 bits per heavy atom. The molecule has 0 amide bonds. The zero-order chi connectivity index (χ0) is 26.0. The van der Waals surface area contributed by atoms with Gasteiger partial charge in [-0.05, 0) is 32.2 Å². The van der Waals surface area contributed by atoms with Crippen molar-refractivity contribution in [1.82, 2.24) is 19.4 Å². The third-order valence-electron chi connectivity index (χ3n) is 6.60. The topological polar surface area (TPSA) is 72.3 Å². The van der Waals surface area contributed by atoms with Crippen molar-refractivity contribution in [2.75, 3.05) is 51.0 Å². The molecule has 7 nitrogen and oxygen atoms in total. The monoisotopic (exact) mass is 521 g/mol. The van der Waals surface area contributed by atoms with E-state index in [1.165, 1.54) is 12.1 Å². The van der Waals surface area contributed by atoms with E-state index in [0.717, 1.165) is 43.3 Å². The van der Waals surface area contributed by atoms with Gasteiger partial charge in [0.15, 0.2) is 0 Å². The first kappa shape index (κ1) is 26.5. The van der Waals surface area contributed by atoms with E-state index in [1.807, 2.05) is 6.07 Å². The number of benzene rings is 1. The van der Waals surface area contributed by atoms with Gasteiger partial charge < -0.3 is 15.0 Å². The van der Waals surface area contributed by atoms with Crippen LogP contribution in [0, 0.1) is 12.7 Å². The molecular weight excluding hydrogens is 490 g/mol. The number of aryl methyl sites for hydroxylation is 2. The molecule has 3 heterocycles. The first-order valence-corrected chi connectivity index (χ1v) is 13.6. The van der Waals surface area contributed by atoms with Crippen molar-refractivity contribution in [1.29, 1.82) is 0 Å². The maximum absolute atomic E-state index is 14.8. The van der Waals surface area contributed by atoms with Crippen LogP contribution in [0.2, 0.25) is 0 Å². The van der Waals surface area contributed by atoms with Gasteiger partial charge in [-0.1, -0.05) is 26.1 Å². The van der Waals surface area contributed by atoms with Crippen molar-refractivity contribution in [2.24, 2.45) is 7.05 Å². The molecule has 0 saturated carbocycles. The second-order valence-electron chi connectivity index (χ2n) is 8.99. The maximum Gasteiger partial charge on any atom is 0.266 e. The van der Waals surface area contributed by atoms with E-state index in [-0.39, 0.29) is 11.1 Å². The highest BCUT2D eigenvalue weighted by atomic mass is 31.1. The van der Waals surface area contributed by atoms with Crippen LogP contribution in [0.25, 0.3) is 11.0 Å². The van der Waals surface area contributed by atoms with Crippen molar-refractivity contribution >= 4 is 30.1 Å². The number of alkyl halides is 2. The van der Waals surface area contributed by atoms with Crippen LogP contribution in [0.1, 0.15) is 36.3 Å². The molecule has 0 bridgehead atoms. The summed E-state index contributed by atoms with van der Waals surface area (Å²) in [6.07, 6.45) is -1.08. The Labute approximate surface area is 209 Å². The molecule has 1 aliphatic rings. The molecule has 0 unspecified atom stereocenters. The van der Waals surface area contributed by atoms with E-state index in [1.54, 1.807) is 32.6 Å². The SMILES string of the molecule is COCCN1CCP(c2cc3c(N[C@H](C)c4cccc(C(F)F)c4F)nc(C)nc3n(C)c2=O)CC1. The molecule has 36 heavy (non-hydrogen) atoms. The van der Waals surface area contributed by atoms with E-state index < -0.39 is 31.8 Å². The van der Waals surface area contributed by atoms with E-state index >= 15 is 0 Å². The lowest BCUT2D eigenvalue weighted by molar-refractivity contribution is 0.146. The predicted octanol–water partition coefficient (Wildman–Crippen LogP) is 3.96. The van der Waals surface area contributed by atoms with Crippen molar-refractivity contribution < 1.29 is 17.9 Å². The summed E-state index contributed by atoms with van der Waals surface area (Å²) < 4.78 is 48.0. The number of fused-ring (bicyclic) bond motifs is 1. The number of hydrogen-bond acceptors (Lipinski definition) is 6. The van der Waals surface area contributed by atoms with Crippen molar-refractivity contribution in [3.8, 4) is 0 Å². The van der Waals surface area contributed by atoms with Crippen LogP contribution < -0.4 is 16.2 Å². The van der Waals surface area contributed by atoms with E-state index in [0.29, 0.717) is 29.3 Å². The quantitative estimate of drug-likeness (QED) is 0.453. The lowest BCUT2D eigenvalue weighted by atomic mass is 10.0. The molecule has 1 N–H and O–H groups in total. The van der Waals surface area contributed by atoms with Gasteiger partial charge >= 0.3 is 0 Å². The Morgan fingerprint density at radius 1 is 1.19 bits per heavy atom. The largest absolute Gasteiger partial charge is 0.383 e. The average Bonchev–Trinajstić information content (AvgIpc) is 2.85. The summed E-state index contributed by atoms with van der Waals surface area (Å²) in [6, 6.07) is 5.22. The van der Waals surface area contributed by atoms with E-state index in [4.69, 9.17) is 4.74 Å². The number of nitrogens with zero attached hydrogens (tertiary/aromatic N) is 4. The molecule has 1 fully saturated rings. The molecule has 0 spiro atoms. The molecule has 4 rings (SSSR count). The van der Waals surface area contributed by atoms with Crippen molar-refractivity contribution in [3.63, 3.8) is 0 Å². The number of hydrogen-bond donors (Lipinski definition) is 1. The number of ether oxygens (including phenoxy) is 1. The molecule has 1 aliphatic heterocycles. The van der Waals surface area contributed by atoms with Crippen LogP contribution in [0.4, 0.5) is 19.0 Å². The second-order valence-corrected chi connectivity index (χ2v) is 11.4. The molecule has 11 heteroatoms. The lowest BCUT2D eigenvalue weighted by Gasteiger charge is -2.32. The molecule has 1 saturated heterocycles. The minimum Gasteiger partial charge on any atom is -0.383 e. The molecule has 3 aromatic rings. The Balaban J connectivity index is 1.69. The fraction of sp³-hybridized carbons (Fsp3) is 0.480. The number of aromatic nitrogens is 3. The summed E-state index contributed by atoms with van der Waals surface area (Å²) in [6.45, 7) is 6.77. The normalized spacial score (nSPS) is 16.1.